The summed E-state index contributed by atoms with van der Waals surface area (Å²) in [7, 11) is 0. The molecule has 0 radical (unpaired) electrons. The van der Waals surface area contributed by atoms with Gasteiger partial charge in [0.1, 0.15) is 13.2 Å². The monoisotopic (exact) mass is 969 g/mol. The molecule has 0 aliphatic heterocycles. The Balaban J connectivity index is 4.08. The van der Waals surface area contributed by atoms with Crippen LogP contribution in [0.5, 0.6) is 0 Å². The highest BCUT2D eigenvalue weighted by Crippen LogP contribution is 2.17. The van der Waals surface area contributed by atoms with E-state index in [2.05, 4.69) is 57.2 Å². The van der Waals surface area contributed by atoms with Crippen molar-refractivity contribution in [1.29, 1.82) is 0 Å². The van der Waals surface area contributed by atoms with Gasteiger partial charge in [0, 0.05) is 19.3 Å². The topological polar surface area (TPSA) is 78.9 Å². The fraction of sp³-hybridized carbons (Fsp3) is 0.857. The third kappa shape index (κ3) is 56.4. The molecule has 404 valence electrons. The van der Waals surface area contributed by atoms with E-state index >= 15 is 0 Å². The first-order valence-electron chi connectivity index (χ1n) is 30.5. The molecular formula is C63H116O6. The number of ether oxygens (including phenoxy) is 3. The molecule has 6 nitrogen and oxygen atoms in total. The molecule has 0 aliphatic rings. The van der Waals surface area contributed by atoms with Crippen molar-refractivity contribution in [3.63, 3.8) is 0 Å². The van der Waals surface area contributed by atoms with Gasteiger partial charge in [-0.05, 0) is 57.8 Å². The van der Waals surface area contributed by atoms with E-state index in [1.807, 2.05) is 0 Å². The van der Waals surface area contributed by atoms with E-state index < -0.39 is 6.10 Å². The maximum Gasteiger partial charge on any atom is 0.306 e. The first kappa shape index (κ1) is 66.6. The van der Waals surface area contributed by atoms with Gasteiger partial charge >= 0.3 is 17.9 Å². The van der Waals surface area contributed by atoms with Crippen LogP contribution in [0.1, 0.15) is 329 Å². The molecule has 0 amide bonds. The van der Waals surface area contributed by atoms with Gasteiger partial charge in [-0.3, -0.25) is 14.4 Å². The zero-order valence-corrected chi connectivity index (χ0v) is 46.3. The Morgan fingerprint density at radius 2 is 0.522 bits per heavy atom. The van der Waals surface area contributed by atoms with Gasteiger partial charge in [0.05, 0.1) is 0 Å². The van der Waals surface area contributed by atoms with Gasteiger partial charge in [0.2, 0.25) is 0 Å². The summed E-state index contributed by atoms with van der Waals surface area (Å²) in [4.78, 5) is 38.0. The minimum Gasteiger partial charge on any atom is -0.462 e. The first-order valence-corrected chi connectivity index (χ1v) is 30.5. The third-order valence-electron chi connectivity index (χ3n) is 13.6. The number of carbonyl (C=O) groups excluding carboxylic acids is 3. The second kappa shape index (κ2) is 58.2. The molecule has 0 fully saturated rings. The number of carbonyl (C=O) groups is 3. The average Bonchev–Trinajstić information content (AvgIpc) is 3.35. The van der Waals surface area contributed by atoms with Crippen molar-refractivity contribution in [3.8, 4) is 0 Å². The molecule has 1 unspecified atom stereocenters. The number of rotatable bonds is 56. The normalized spacial score (nSPS) is 12.2. The van der Waals surface area contributed by atoms with Gasteiger partial charge in [-0.25, -0.2) is 0 Å². The van der Waals surface area contributed by atoms with Crippen LogP contribution in [0.3, 0.4) is 0 Å². The number of allylic oxidation sites excluding steroid dienone is 6. The lowest BCUT2D eigenvalue weighted by molar-refractivity contribution is -0.167. The summed E-state index contributed by atoms with van der Waals surface area (Å²) in [6.45, 7) is 6.65. The van der Waals surface area contributed by atoms with Crippen molar-refractivity contribution < 1.29 is 28.6 Å². The lowest BCUT2D eigenvalue weighted by Gasteiger charge is -2.18. The summed E-state index contributed by atoms with van der Waals surface area (Å²) < 4.78 is 16.8. The second-order valence-corrected chi connectivity index (χ2v) is 20.6. The highest BCUT2D eigenvalue weighted by molar-refractivity contribution is 5.71. The SMILES string of the molecule is CCCCCCC/C=C\C/C=C\C/C=C\CCCCCCCCCCCCCCCCC(=O)OCC(COC(=O)CCCCCCCCCCC)OC(=O)CCCCCCCCCCCCCCC. The van der Waals surface area contributed by atoms with Crippen LogP contribution in [0, 0.1) is 0 Å². The molecule has 0 saturated carbocycles. The van der Waals surface area contributed by atoms with Crippen LogP contribution >= 0.6 is 0 Å². The quantitative estimate of drug-likeness (QED) is 0.0261. The molecule has 0 spiro atoms. The summed E-state index contributed by atoms with van der Waals surface area (Å²) in [6.07, 6.45) is 70.2. The molecule has 1 atom stereocenters. The Kier molecular flexibility index (Phi) is 56.2. The molecule has 0 aliphatic carbocycles. The standard InChI is InChI=1S/C63H116O6/c1-4-7-10-13-16-19-21-23-24-25-26-27-28-29-30-31-32-33-34-35-36-37-38-40-41-44-47-50-53-56-62(65)68-59-60(58-67-61(64)55-52-49-46-43-18-15-12-9-6-3)69-63(66)57-54-51-48-45-42-39-22-20-17-14-11-8-5-2/h21,23,25-26,28-29,60H,4-20,22,24,27,30-59H2,1-3H3/b23-21-,26-25-,29-28-. The van der Waals surface area contributed by atoms with E-state index in [4.69, 9.17) is 14.2 Å². The lowest BCUT2D eigenvalue weighted by atomic mass is 10.0. The average molecular weight is 970 g/mol. The maximum atomic E-state index is 12.8. The predicted molar refractivity (Wildman–Crippen MR) is 298 cm³/mol. The van der Waals surface area contributed by atoms with Gasteiger partial charge in [-0.15, -0.1) is 0 Å². The Morgan fingerprint density at radius 3 is 0.812 bits per heavy atom. The van der Waals surface area contributed by atoms with Gasteiger partial charge < -0.3 is 14.2 Å². The van der Waals surface area contributed by atoms with Crippen molar-refractivity contribution >= 4 is 17.9 Å². The van der Waals surface area contributed by atoms with E-state index in [9.17, 15) is 14.4 Å². The summed E-state index contributed by atoms with van der Waals surface area (Å²) in [5.41, 5.74) is 0. The van der Waals surface area contributed by atoms with Gasteiger partial charge in [-0.1, -0.05) is 288 Å². The van der Waals surface area contributed by atoms with Crippen LogP contribution < -0.4 is 0 Å². The Labute approximate surface area is 429 Å². The summed E-state index contributed by atoms with van der Waals surface area (Å²) in [5, 5.41) is 0. The van der Waals surface area contributed by atoms with Gasteiger partial charge in [0.15, 0.2) is 6.10 Å². The Hall–Kier alpha value is -2.37. The van der Waals surface area contributed by atoms with Crippen LogP contribution in [0.25, 0.3) is 0 Å². The van der Waals surface area contributed by atoms with Crippen LogP contribution in [0.2, 0.25) is 0 Å². The number of unbranched alkanes of at least 4 members (excludes halogenated alkanes) is 39. The smallest absolute Gasteiger partial charge is 0.306 e. The fourth-order valence-corrected chi connectivity index (χ4v) is 9.04. The summed E-state index contributed by atoms with van der Waals surface area (Å²) in [6, 6.07) is 0. The number of hydrogen-bond acceptors (Lipinski definition) is 6. The predicted octanol–water partition coefficient (Wildman–Crippen LogP) is 20.4. The largest absolute Gasteiger partial charge is 0.462 e. The molecule has 0 N–H and O–H groups in total. The van der Waals surface area contributed by atoms with Crippen LogP contribution in [-0.2, 0) is 28.6 Å². The van der Waals surface area contributed by atoms with Gasteiger partial charge in [0.25, 0.3) is 0 Å². The van der Waals surface area contributed by atoms with E-state index in [1.165, 1.54) is 218 Å². The van der Waals surface area contributed by atoms with Crippen LogP contribution in [-0.4, -0.2) is 37.2 Å². The van der Waals surface area contributed by atoms with E-state index in [1.54, 1.807) is 0 Å². The highest BCUT2D eigenvalue weighted by atomic mass is 16.6. The van der Waals surface area contributed by atoms with Crippen LogP contribution in [0.4, 0.5) is 0 Å². The second-order valence-electron chi connectivity index (χ2n) is 20.6. The molecule has 6 heteroatoms. The van der Waals surface area contributed by atoms with Crippen molar-refractivity contribution in [2.75, 3.05) is 13.2 Å². The maximum absolute atomic E-state index is 12.8. The summed E-state index contributed by atoms with van der Waals surface area (Å²) >= 11 is 0. The molecule has 0 bridgehead atoms. The Bertz CT molecular complexity index is 1160. The molecule has 0 heterocycles. The lowest BCUT2D eigenvalue weighted by Crippen LogP contribution is -2.30. The van der Waals surface area contributed by atoms with Crippen molar-refractivity contribution in [2.24, 2.45) is 0 Å². The third-order valence-corrected chi connectivity index (χ3v) is 13.6. The molecule has 0 rings (SSSR count). The van der Waals surface area contributed by atoms with E-state index in [-0.39, 0.29) is 31.1 Å². The van der Waals surface area contributed by atoms with Gasteiger partial charge in [-0.2, -0.15) is 0 Å². The number of esters is 3. The molecule has 0 aromatic heterocycles. The van der Waals surface area contributed by atoms with Crippen LogP contribution in [0.15, 0.2) is 36.5 Å². The Morgan fingerprint density at radius 1 is 0.290 bits per heavy atom. The fourth-order valence-electron chi connectivity index (χ4n) is 9.04. The van der Waals surface area contributed by atoms with E-state index in [0.717, 1.165) is 70.6 Å². The van der Waals surface area contributed by atoms with Crippen molar-refractivity contribution in [3.05, 3.63) is 36.5 Å². The molecule has 0 saturated heterocycles. The minimum atomic E-state index is -0.765. The van der Waals surface area contributed by atoms with Crippen molar-refractivity contribution in [1.82, 2.24) is 0 Å². The molecule has 0 aromatic carbocycles. The summed E-state index contributed by atoms with van der Waals surface area (Å²) in [5.74, 6) is -0.852. The molecule has 0 aromatic rings. The zero-order valence-electron chi connectivity index (χ0n) is 46.3. The number of hydrogen-bond donors (Lipinski definition) is 0. The van der Waals surface area contributed by atoms with E-state index in [0.29, 0.717) is 19.3 Å². The first-order chi connectivity index (χ1) is 34.0. The molecule has 69 heavy (non-hydrogen) atoms. The minimum absolute atomic E-state index is 0.0668. The van der Waals surface area contributed by atoms with Crippen molar-refractivity contribution in [2.45, 2.75) is 335 Å². The highest BCUT2D eigenvalue weighted by Gasteiger charge is 2.19. The molecular weight excluding hydrogens is 853 g/mol. The zero-order chi connectivity index (χ0) is 50.0.